The quantitative estimate of drug-likeness (QED) is 0.0679. The Balaban J connectivity index is 0.000000364. The molecule has 0 fully saturated rings. The number of benzene rings is 9. The van der Waals surface area contributed by atoms with E-state index < -0.39 is 0 Å². The number of para-hydroxylation sites is 1. The molecule has 10 aromatic rings. The lowest BCUT2D eigenvalue weighted by Crippen LogP contribution is -2.20. The van der Waals surface area contributed by atoms with Gasteiger partial charge >= 0.3 is 0 Å². The summed E-state index contributed by atoms with van der Waals surface area (Å²) in [7, 11) is 2.09. The molecule has 10 rings (SSSR count). The largest absolute Gasteiger partial charge is 0.398 e. The molecule has 0 aliphatic rings. The first-order valence-corrected chi connectivity index (χ1v) is 24.6. The number of nitrogens with two attached hydrogens (primary N) is 4. The first-order valence-electron chi connectivity index (χ1n) is 24.6. The van der Waals surface area contributed by atoms with Crippen molar-refractivity contribution in [3.8, 4) is 39.1 Å². The second-order valence-electron chi connectivity index (χ2n) is 18.3. The monoisotopic (exact) mass is 939 g/mol. The zero-order chi connectivity index (χ0) is 50.0. The molecule has 0 saturated heterocycles. The molecule has 0 amide bonds. The van der Waals surface area contributed by atoms with Gasteiger partial charge in [0.2, 0.25) is 0 Å². The summed E-state index contributed by atoms with van der Waals surface area (Å²) in [6, 6.07) is 76.1. The third-order valence-electron chi connectivity index (χ3n) is 13.4. The minimum atomic E-state index is 0.554. The van der Waals surface area contributed by atoms with Crippen LogP contribution in [0.25, 0.3) is 66.6 Å². The van der Waals surface area contributed by atoms with E-state index in [4.69, 9.17) is 22.9 Å². The Morgan fingerprint density at radius 2 is 1.12 bits per heavy atom. The predicted octanol–water partition coefficient (Wildman–Crippen LogP) is 15.5. The van der Waals surface area contributed by atoms with Crippen LogP contribution < -0.4 is 22.9 Å². The van der Waals surface area contributed by atoms with Crippen LogP contribution in [0.2, 0.25) is 0 Å². The van der Waals surface area contributed by atoms with Gasteiger partial charge in [-0.05, 0) is 118 Å². The standard InChI is InChI=1S/C51H46N6.C15H16/c1-3-4-6-18-47(54)51(36-22-20-35(21-23-36)34-13-7-5-8-14-34)56(2)33-39-15-9-10-16-41(39)44-30-37(25-28-45(44)52)38-24-27-43-42-17-11-12-19-49(42)57(50(43)31-38)40-26-29-46(53)48(55)32-40;1-13(15-10-6-3-7-11-15)12-14-8-4-2-5-9-14/h3-32H,33,52-55H2,1-2H3;2-11,13H,12H2,1H3/b4-3-,18-6-,51-47-;. The number of hydrogen-bond acceptors (Lipinski definition) is 5. The van der Waals surface area contributed by atoms with Crippen molar-refractivity contribution in [1.29, 1.82) is 0 Å². The van der Waals surface area contributed by atoms with Crippen LogP contribution in [0, 0.1) is 0 Å². The molecule has 0 radical (unpaired) electrons. The van der Waals surface area contributed by atoms with Gasteiger partial charge in [-0.3, -0.25) is 0 Å². The normalized spacial score (nSPS) is 12.2. The Morgan fingerprint density at radius 1 is 0.528 bits per heavy atom. The SMILES string of the molecule is CC(Cc1ccccc1)c1ccccc1.C\C=C/C=C\C(N)=C(/c1ccc(-c2ccccc2)cc1)N(C)Cc1ccccc1-c1cc(-c2ccc3c4ccccc4n(-c4ccc(N)c(N)c4)c3c2)ccc1N. The van der Waals surface area contributed by atoms with Crippen LogP contribution in [-0.4, -0.2) is 16.5 Å². The van der Waals surface area contributed by atoms with E-state index >= 15 is 0 Å². The van der Waals surface area contributed by atoms with Crippen molar-refractivity contribution in [2.24, 2.45) is 5.73 Å². The van der Waals surface area contributed by atoms with Crippen molar-refractivity contribution in [2.75, 3.05) is 24.2 Å². The minimum absolute atomic E-state index is 0.554. The molecule has 1 unspecified atom stereocenters. The molecular formula is C66H62N6. The Bertz CT molecular complexity index is 3530. The van der Waals surface area contributed by atoms with E-state index in [0.717, 1.165) is 73.2 Å². The molecule has 1 heterocycles. The lowest BCUT2D eigenvalue weighted by Gasteiger charge is -2.26. The van der Waals surface area contributed by atoms with Gasteiger partial charge in [-0.25, -0.2) is 0 Å². The molecule has 0 saturated carbocycles. The summed E-state index contributed by atoms with van der Waals surface area (Å²) in [6.07, 6.45) is 9.03. The van der Waals surface area contributed by atoms with Crippen LogP contribution in [0.4, 0.5) is 17.1 Å². The Labute approximate surface area is 424 Å². The van der Waals surface area contributed by atoms with Gasteiger partial charge in [0.1, 0.15) is 0 Å². The van der Waals surface area contributed by atoms with Gasteiger partial charge in [-0.1, -0.05) is 201 Å². The van der Waals surface area contributed by atoms with Crippen molar-refractivity contribution < 1.29 is 0 Å². The fourth-order valence-electron chi connectivity index (χ4n) is 9.63. The van der Waals surface area contributed by atoms with Gasteiger partial charge in [0, 0.05) is 41.3 Å². The summed E-state index contributed by atoms with van der Waals surface area (Å²) in [5.41, 5.74) is 44.2. The molecule has 9 aromatic carbocycles. The highest BCUT2D eigenvalue weighted by Crippen LogP contribution is 2.39. The number of rotatable bonds is 13. The second kappa shape index (κ2) is 22.2. The molecule has 356 valence electrons. The average molecular weight is 939 g/mol. The molecule has 0 spiro atoms. The summed E-state index contributed by atoms with van der Waals surface area (Å²) in [5.74, 6) is 0.591. The third-order valence-corrected chi connectivity index (χ3v) is 13.4. The zero-order valence-electron chi connectivity index (χ0n) is 41.3. The Kier molecular flexibility index (Phi) is 14.8. The first-order chi connectivity index (χ1) is 35.2. The van der Waals surface area contributed by atoms with E-state index in [1.54, 1.807) is 0 Å². The third kappa shape index (κ3) is 10.7. The maximum atomic E-state index is 6.86. The van der Waals surface area contributed by atoms with Crippen molar-refractivity contribution in [3.05, 3.63) is 271 Å². The molecule has 0 aliphatic carbocycles. The maximum absolute atomic E-state index is 6.86. The van der Waals surface area contributed by atoms with Crippen molar-refractivity contribution >= 4 is 44.6 Å². The van der Waals surface area contributed by atoms with E-state index in [9.17, 15) is 0 Å². The van der Waals surface area contributed by atoms with Gasteiger partial charge in [0.25, 0.3) is 0 Å². The van der Waals surface area contributed by atoms with Gasteiger partial charge < -0.3 is 32.4 Å². The zero-order valence-corrected chi connectivity index (χ0v) is 41.3. The highest BCUT2D eigenvalue weighted by Gasteiger charge is 2.18. The number of nitrogens with zero attached hydrogens (tertiary/aromatic N) is 2. The number of hydrogen-bond donors (Lipinski definition) is 4. The highest BCUT2D eigenvalue weighted by molar-refractivity contribution is 6.10. The number of allylic oxidation sites excluding steroid dienone is 4. The van der Waals surface area contributed by atoms with E-state index in [0.29, 0.717) is 35.2 Å². The summed E-state index contributed by atoms with van der Waals surface area (Å²) < 4.78 is 2.26. The average Bonchev–Trinajstić information content (AvgIpc) is 3.75. The number of fused-ring (bicyclic) bond motifs is 3. The van der Waals surface area contributed by atoms with Crippen LogP contribution in [-0.2, 0) is 13.0 Å². The van der Waals surface area contributed by atoms with E-state index in [-0.39, 0.29) is 0 Å². The smallest absolute Gasteiger partial charge is 0.0673 e. The fourth-order valence-corrected chi connectivity index (χ4v) is 9.63. The van der Waals surface area contributed by atoms with E-state index in [1.807, 2.05) is 61.6 Å². The van der Waals surface area contributed by atoms with E-state index in [2.05, 4.69) is 211 Å². The highest BCUT2D eigenvalue weighted by atomic mass is 15.1. The van der Waals surface area contributed by atoms with Crippen molar-refractivity contribution in [2.45, 2.75) is 32.7 Å². The Hall–Kier alpha value is -9.00. The molecule has 6 nitrogen and oxygen atoms in total. The van der Waals surface area contributed by atoms with Gasteiger partial charge in [0.05, 0.1) is 33.8 Å². The predicted molar refractivity (Wildman–Crippen MR) is 308 cm³/mol. The van der Waals surface area contributed by atoms with Crippen LogP contribution >= 0.6 is 0 Å². The van der Waals surface area contributed by atoms with Gasteiger partial charge in [-0.2, -0.15) is 0 Å². The van der Waals surface area contributed by atoms with Gasteiger partial charge in [0.15, 0.2) is 0 Å². The van der Waals surface area contributed by atoms with Crippen molar-refractivity contribution in [3.63, 3.8) is 0 Å². The molecule has 1 aromatic heterocycles. The molecular weight excluding hydrogens is 877 g/mol. The van der Waals surface area contributed by atoms with Crippen LogP contribution in [0.1, 0.15) is 42.0 Å². The number of anilines is 3. The molecule has 6 heteroatoms. The summed E-state index contributed by atoms with van der Waals surface area (Å²) >= 11 is 0. The number of nitrogen functional groups attached to an aromatic ring is 3. The van der Waals surface area contributed by atoms with E-state index in [1.165, 1.54) is 22.1 Å². The lowest BCUT2D eigenvalue weighted by atomic mass is 9.93. The Morgan fingerprint density at radius 3 is 1.86 bits per heavy atom. The second-order valence-corrected chi connectivity index (χ2v) is 18.3. The topological polar surface area (TPSA) is 112 Å². The molecule has 8 N–H and O–H groups in total. The molecule has 0 bridgehead atoms. The summed E-state index contributed by atoms with van der Waals surface area (Å²) in [4.78, 5) is 2.22. The minimum Gasteiger partial charge on any atom is -0.398 e. The molecule has 72 heavy (non-hydrogen) atoms. The fraction of sp³-hybridized carbons (Fsp3) is 0.0909. The maximum Gasteiger partial charge on any atom is 0.0673 e. The summed E-state index contributed by atoms with van der Waals surface area (Å²) in [6.45, 7) is 4.88. The lowest BCUT2D eigenvalue weighted by molar-refractivity contribution is 0.473. The van der Waals surface area contributed by atoms with Crippen LogP contribution in [0.3, 0.4) is 0 Å². The van der Waals surface area contributed by atoms with Gasteiger partial charge in [-0.15, -0.1) is 0 Å². The molecule has 1 atom stereocenters. The number of aromatic nitrogens is 1. The summed E-state index contributed by atoms with van der Waals surface area (Å²) in [5, 5.41) is 2.33. The first kappa shape index (κ1) is 48.0. The van der Waals surface area contributed by atoms with Crippen molar-refractivity contribution in [1.82, 2.24) is 9.47 Å². The van der Waals surface area contributed by atoms with Crippen LogP contribution in [0.5, 0.6) is 0 Å². The molecule has 0 aliphatic heterocycles. The van der Waals surface area contributed by atoms with Crippen LogP contribution in [0.15, 0.2) is 248 Å².